The number of hydrogen-bond acceptors (Lipinski definition) is 3. The van der Waals surface area contributed by atoms with Crippen LogP contribution in [0, 0.1) is 0 Å². The number of nitrogens with one attached hydrogen (secondary N) is 1. The van der Waals surface area contributed by atoms with Gasteiger partial charge in [0, 0.05) is 36.0 Å². The van der Waals surface area contributed by atoms with Crippen LogP contribution in [-0.2, 0) is 6.54 Å². The summed E-state index contributed by atoms with van der Waals surface area (Å²) in [6.45, 7) is 2.70. The first-order valence-electron chi connectivity index (χ1n) is 8.64. The number of Topliss-reactive ketones (excluding diaryl/α,β-unsaturated/α-hetero) is 1. The van der Waals surface area contributed by atoms with Crippen LogP contribution < -0.4 is 5.32 Å². The fraction of sp³-hybridized carbons (Fsp3) is 0.182. The van der Waals surface area contributed by atoms with Gasteiger partial charge in [-0.05, 0) is 42.3 Å². The number of carbonyl (C=O) groups is 1. The summed E-state index contributed by atoms with van der Waals surface area (Å²) >= 11 is 0. The number of aromatic nitrogens is 1. The molecule has 0 unspecified atom stereocenters. The van der Waals surface area contributed by atoms with Crippen molar-refractivity contribution in [2.24, 2.45) is 0 Å². The SMILES string of the molecule is CCCC(=O)c1ccc(NCc2cccnc2-c2ccccc2)cc1. The lowest BCUT2D eigenvalue weighted by molar-refractivity contribution is 0.0982. The van der Waals surface area contributed by atoms with E-state index in [4.69, 9.17) is 0 Å². The molecule has 0 amide bonds. The summed E-state index contributed by atoms with van der Waals surface area (Å²) in [7, 11) is 0. The second-order valence-corrected chi connectivity index (χ2v) is 5.98. The van der Waals surface area contributed by atoms with Gasteiger partial charge in [0.25, 0.3) is 0 Å². The summed E-state index contributed by atoms with van der Waals surface area (Å²) in [6, 6.07) is 21.9. The van der Waals surface area contributed by atoms with E-state index in [0.29, 0.717) is 13.0 Å². The van der Waals surface area contributed by atoms with Gasteiger partial charge in [0.1, 0.15) is 0 Å². The first-order valence-corrected chi connectivity index (χ1v) is 8.64. The molecule has 0 aliphatic carbocycles. The summed E-state index contributed by atoms with van der Waals surface area (Å²) < 4.78 is 0. The van der Waals surface area contributed by atoms with Gasteiger partial charge in [-0.1, -0.05) is 43.3 Å². The molecule has 1 aromatic heterocycles. The minimum atomic E-state index is 0.202. The number of anilines is 1. The fourth-order valence-electron chi connectivity index (χ4n) is 2.78. The van der Waals surface area contributed by atoms with Crippen LogP contribution in [0.4, 0.5) is 5.69 Å². The van der Waals surface area contributed by atoms with Crippen LogP contribution >= 0.6 is 0 Å². The average molecular weight is 330 g/mol. The van der Waals surface area contributed by atoms with E-state index in [1.54, 1.807) is 0 Å². The monoisotopic (exact) mass is 330 g/mol. The zero-order valence-corrected chi connectivity index (χ0v) is 14.4. The van der Waals surface area contributed by atoms with Gasteiger partial charge in [0.2, 0.25) is 0 Å². The lowest BCUT2D eigenvalue weighted by Crippen LogP contribution is -2.03. The van der Waals surface area contributed by atoms with Crippen molar-refractivity contribution in [1.82, 2.24) is 4.98 Å². The van der Waals surface area contributed by atoms with Crippen LogP contribution in [0.25, 0.3) is 11.3 Å². The number of carbonyl (C=O) groups excluding carboxylic acids is 1. The van der Waals surface area contributed by atoms with E-state index in [2.05, 4.69) is 28.5 Å². The molecule has 0 aliphatic rings. The topological polar surface area (TPSA) is 42.0 Å². The van der Waals surface area contributed by atoms with Gasteiger partial charge in [-0.3, -0.25) is 9.78 Å². The summed E-state index contributed by atoms with van der Waals surface area (Å²) in [5.74, 6) is 0.202. The van der Waals surface area contributed by atoms with Crippen LogP contribution in [0.1, 0.15) is 35.7 Å². The molecule has 0 fully saturated rings. The third-order valence-corrected chi connectivity index (χ3v) is 4.11. The molecule has 3 aromatic rings. The molecule has 3 nitrogen and oxygen atoms in total. The number of pyridine rings is 1. The maximum Gasteiger partial charge on any atom is 0.162 e. The largest absolute Gasteiger partial charge is 0.381 e. The minimum Gasteiger partial charge on any atom is -0.381 e. The highest BCUT2D eigenvalue weighted by atomic mass is 16.1. The van der Waals surface area contributed by atoms with E-state index in [1.807, 2.05) is 61.7 Å². The highest BCUT2D eigenvalue weighted by Crippen LogP contribution is 2.22. The Balaban J connectivity index is 1.71. The number of nitrogens with zero attached hydrogens (tertiary/aromatic N) is 1. The highest BCUT2D eigenvalue weighted by molar-refractivity contribution is 5.96. The van der Waals surface area contributed by atoms with E-state index >= 15 is 0 Å². The average Bonchev–Trinajstić information content (AvgIpc) is 2.68. The Bertz CT molecular complexity index is 826. The van der Waals surface area contributed by atoms with Crippen molar-refractivity contribution in [2.75, 3.05) is 5.32 Å². The van der Waals surface area contributed by atoms with Crippen LogP contribution in [0.3, 0.4) is 0 Å². The molecule has 3 rings (SSSR count). The Morgan fingerprint density at radius 1 is 0.960 bits per heavy atom. The number of benzene rings is 2. The molecule has 0 radical (unpaired) electrons. The zero-order valence-electron chi connectivity index (χ0n) is 14.4. The van der Waals surface area contributed by atoms with Crippen molar-refractivity contribution in [1.29, 1.82) is 0 Å². The smallest absolute Gasteiger partial charge is 0.162 e. The van der Waals surface area contributed by atoms with E-state index in [0.717, 1.165) is 34.5 Å². The predicted molar refractivity (Wildman–Crippen MR) is 103 cm³/mol. The molecule has 25 heavy (non-hydrogen) atoms. The molecular formula is C22H22N2O. The molecule has 1 heterocycles. The van der Waals surface area contributed by atoms with Gasteiger partial charge in [-0.25, -0.2) is 0 Å². The third-order valence-electron chi connectivity index (χ3n) is 4.11. The maximum absolute atomic E-state index is 11.9. The van der Waals surface area contributed by atoms with Crippen molar-refractivity contribution in [3.05, 3.63) is 84.1 Å². The molecule has 3 heteroatoms. The summed E-state index contributed by atoms with van der Waals surface area (Å²) in [5, 5.41) is 3.42. The van der Waals surface area contributed by atoms with Gasteiger partial charge >= 0.3 is 0 Å². The highest BCUT2D eigenvalue weighted by Gasteiger charge is 2.07. The van der Waals surface area contributed by atoms with Crippen LogP contribution in [0.15, 0.2) is 72.9 Å². The van der Waals surface area contributed by atoms with E-state index in [9.17, 15) is 4.79 Å². The summed E-state index contributed by atoms with van der Waals surface area (Å²) in [5.41, 5.74) is 5.01. The van der Waals surface area contributed by atoms with Crippen molar-refractivity contribution in [3.63, 3.8) is 0 Å². The minimum absolute atomic E-state index is 0.202. The second-order valence-electron chi connectivity index (χ2n) is 5.98. The van der Waals surface area contributed by atoms with Crippen LogP contribution in [0.2, 0.25) is 0 Å². The molecule has 0 spiro atoms. The Hall–Kier alpha value is -2.94. The molecule has 126 valence electrons. The molecule has 0 aliphatic heterocycles. The second kappa shape index (κ2) is 8.25. The number of rotatable bonds is 7. The Labute approximate surface area is 148 Å². The fourth-order valence-corrected chi connectivity index (χ4v) is 2.78. The Kier molecular flexibility index (Phi) is 5.57. The maximum atomic E-state index is 11.9. The van der Waals surface area contributed by atoms with Crippen molar-refractivity contribution in [2.45, 2.75) is 26.3 Å². The van der Waals surface area contributed by atoms with Crippen LogP contribution in [0.5, 0.6) is 0 Å². The first-order chi connectivity index (χ1) is 12.3. The van der Waals surface area contributed by atoms with E-state index < -0.39 is 0 Å². The molecule has 0 saturated heterocycles. The third kappa shape index (κ3) is 4.32. The van der Waals surface area contributed by atoms with Gasteiger partial charge < -0.3 is 5.32 Å². The van der Waals surface area contributed by atoms with Crippen molar-refractivity contribution < 1.29 is 4.79 Å². The number of hydrogen-bond donors (Lipinski definition) is 1. The summed E-state index contributed by atoms with van der Waals surface area (Å²) in [6.07, 6.45) is 3.30. The first kappa shape index (κ1) is 16.9. The van der Waals surface area contributed by atoms with Crippen molar-refractivity contribution >= 4 is 11.5 Å². The standard InChI is InChI=1S/C22H22N2O/c1-2-7-21(25)17-11-13-20(14-12-17)24-16-19-10-6-15-23-22(19)18-8-4-3-5-9-18/h3-6,8-15,24H,2,7,16H2,1H3. The molecule has 0 bridgehead atoms. The molecular weight excluding hydrogens is 308 g/mol. The zero-order chi connectivity index (χ0) is 17.5. The molecule has 2 aromatic carbocycles. The van der Waals surface area contributed by atoms with Gasteiger partial charge in [-0.2, -0.15) is 0 Å². The number of ketones is 1. The molecule has 0 atom stereocenters. The van der Waals surface area contributed by atoms with Gasteiger partial charge in [0.15, 0.2) is 5.78 Å². The molecule has 1 N–H and O–H groups in total. The Morgan fingerprint density at radius 2 is 1.72 bits per heavy atom. The normalized spacial score (nSPS) is 10.4. The quantitative estimate of drug-likeness (QED) is 0.594. The van der Waals surface area contributed by atoms with Gasteiger partial charge in [-0.15, -0.1) is 0 Å². The lowest BCUT2D eigenvalue weighted by atomic mass is 10.1. The van der Waals surface area contributed by atoms with Gasteiger partial charge in [0.05, 0.1) is 5.69 Å². The van der Waals surface area contributed by atoms with Crippen LogP contribution in [-0.4, -0.2) is 10.8 Å². The lowest BCUT2D eigenvalue weighted by Gasteiger charge is -2.11. The predicted octanol–water partition coefficient (Wildman–Crippen LogP) is 5.34. The van der Waals surface area contributed by atoms with Crippen molar-refractivity contribution in [3.8, 4) is 11.3 Å². The van der Waals surface area contributed by atoms with E-state index in [1.165, 1.54) is 0 Å². The Morgan fingerprint density at radius 3 is 2.44 bits per heavy atom. The molecule has 0 saturated carbocycles. The van der Waals surface area contributed by atoms with E-state index in [-0.39, 0.29) is 5.78 Å². The summed E-state index contributed by atoms with van der Waals surface area (Å²) in [4.78, 5) is 16.4.